The molecule has 1 saturated heterocycles. The van der Waals surface area contributed by atoms with Crippen LogP contribution in [0.1, 0.15) is 5.56 Å². The van der Waals surface area contributed by atoms with E-state index in [0.29, 0.717) is 31.9 Å². The molecule has 8 heteroatoms. The zero-order valence-electron chi connectivity index (χ0n) is 15.8. The van der Waals surface area contributed by atoms with Crippen molar-refractivity contribution >= 4 is 15.8 Å². The van der Waals surface area contributed by atoms with Crippen molar-refractivity contribution in [3.8, 4) is 11.3 Å². The lowest BCUT2D eigenvalue weighted by Gasteiger charge is -2.34. The number of hydrogen-bond acceptors (Lipinski definition) is 5. The topological polar surface area (TPSA) is 66.4 Å². The van der Waals surface area contributed by atoms with Crippen LogP contribution in [0.2, 0.25) is 0 Å². The minimum Gasteiger partial charge on any atom is -0.354 e. The number of anilines is 1. The van der Waals surface area contributed by atoms with Gasteiger partial charge in [0.1, 0.15) is 18.0 Å². The maximum Gasteiger partial charge on any atom is 0.218 e. The quantitative estimate of drug-likeness (QED) is 0.645. The minimum absolute atomic E-state index is 0.00998. The average molecular weight is 412 g/mol. The molecule has 0 aliphatic carbocycles. The summed E-state index contributed by atoms with van der Waals surface area (Å²) >= 11 is 0. The molecule has 0 saturated carbocycles. The summed E-state index contributed by atoms with van der Waals surface area (Å²) in [5.41, 5.74) is 2.29. The Bertz CT molecular complexity index is 1070. The Balaban J connectivity index is 1.43. The Hall–Kier alpha value is -2.84. The van der Waals surface area contributed by atoms with E-state index in [1.165, 1.54) is 18.5 Å². The summed E-state index contributed by atoms with van der Waals surface area (Å²) in [5.74, 6) is 0.450. The number of hydrogen-bond donors (Lipinski definition) is 0. The highest BCUT2D eigenvalue weighted by atomic mass is 32.2. The Morgan fingerprint density at radius 1 is 0.897 bits per heavy atom. The van der Waals surface area contributed by atoms with Gasteiger partial charge in [0.15, 0.2) is 0 Å². The minimum atomic E-state index is -3.36. The normalized spacial score (nSPS) is 15.4. The van der Waals surface area contributed by atoms with Gasteiger partial charge in [-0.2, -0.15) is 4.31 Å². The van der Waals surface area contributed by atoms with E-state index < -0.39 is 10.0 Å². The summed E-state index contributed by atoms with van der Waals surface area (Å²) in [4.78, 5) is 10.6. The van der Waals surface area contributed by atoms with Crippen LogP contribution in [-0.4, -0.2) is 48.9 Å². The maximum atomic E-state index is 13.1. The summed E-state index contributed by atoms with van der Waals surface area (Å²) in [6.07, 6.45) is 1.48. The molecule has 1 aromatic heterocycles. The Morgan fingerprint density at radius 2 is 1.59 bits per heavy atom. The van der Waals surface area contributed by atoms with Crippen LogP contribution in [0.3, 0.4) is 0 Å². The van der Waals surface area contributed by atoms with Crippen molar-refractivity contribution in [1.82, 2.24) is 14.3 Å². The molecule has 0 bridgehead atoms. The molecule has 0 amide bonds. The first-order valence-electron chi connectivity index (χ1n) is 9.36. The smallest absolute Gasteiger partial charge is 0.218 e. The van der Waals surface area contributed by atoms with Gasteiger partial charge in [-0.15, -0.1) is 0 Å². The number of benzene rings is 2. The molecule has 0 spiro atoms. The zero-order valence-corrected chi connectivity index (χ0v) is 16.6. The van der Waals surface area contributed by atoms with Crippen molar-refractivity contribution in [2.45, 2.75) is 5.75 Å². The van der Waals surface area contributed by atoms with Crippen LogP contribution in [0, 0.1) is 5.82 Å². The molecular formula is C21H21FN4O2S. The first-order valence-corrected chi connectivity index (χ1v) is 11.0. The lowest BCUT2D eigenvalue weighted by Crippen LogP contribution is -2.49. The number of aromatic nitrogens is 2. The van der Waals surface area contributed by atoms with Gasteiger partial charge in [-0.05, 0) is 29.8 Å². The van der Waals surface area contributed by atoms with E-state index in [1.807, 2.05) is 41.3 Å². The molecule has 4 rings (SSSR count). The molecule has 1 aliphatic rings. The molecule has 29 heavy (non-hydrogen) atoms. The van der Waals surface area contributed by atoms with E-state index in [2.05, 4.69) is 9.97 Å². The van der Waals surface area contributed by atoms with Crippen molar-refractivity contribution in [2.75, 3.05) is 31.1 Å². The van der Waals surface area contributed by atoms with Gasteiger partial charge in [-0.25, -0.2) is 22.8 Å². The van der Waals surface area contributed by atoms with Gasteiger partial charge in [0.2, 0.25) is 10.0 Å². The number of nitrogens with zero attached hydrogens (tertiary/aromatic N) is 4. The third kappa shape index (κ3) is 4.60. The van der Waals surface area contributed by atoms with E-state index in [9.17, 15) is 12.8 Å². The molecular weight excluding hydrogens is 391 g/mol. The predicted molar refractivity (Wildman–Crippen MR) is 110 cm³/mol. The molecule has 2 heterocycles. The average Bonchev–Trinajstić information content (AvgIpc) is 2.75. The van der Waals surface area contributed by atoms with Crippen molar-refractivity contribution < 1.29 is 12.8 Å². The van der Waals surface area contributed by atoms with Crippen LogP contribution in [0.4, 0.5) is 10.2 Å². The Morgan fingerprint density at radius 3 is 2.28 bits per heavy atom. The number of piperazine rings is 1. The third-order valence-corrected chi connectivity index (χ3v) is 6.79. The molecule has 150 valence electrons. The SMILES string of the molecule is O=S(=O)(Cc1ccccc1)N1CCN(c2cc(-c3ccc(F)cc3)ncn2)CC1. The molecule has 3 aromatic rings. The standard InChI is InChI=1S/C21H21FN4O2S/c22-19-8-6-18(7-9-19)20-14-21(24-16-23-20)25-10-12-26(13-11-25)29(27,28)15-17-4-2-1-3-5-17/h1-9,14,16H,10-13,15H2. The van der Waals surface area contributed by atoms with Crippen LogP contribution < -0.4 is 4.90 Å². The van der Waals surface area contributed by atoms with Crippen molar-refractivity contribution in [3.05, 3.63) is 78.4 Å². The van der Waals surface area contributed by atoms with Crippen LogP contribution in [0.15, 0.2) is 67.0 Å². The summed E-state index contributed by atoms with van der Waals surface area (Å²) in [5, 5.41) is 0. The Kier molecular flexibility index (Phi) is 5.55. The van der Waals surface area contributed by atoms with Crippen LogP contribution in [0.5, 0.6) is 0 Å². The fourth-order valence-electron chi connectivity index (χ4n) is 3.37. The third-order valence-electron chi connectivity index (χ3n) is 4.94. The van der Waals surface area contributed by atoms with Crippen molar-refractivity contribution in [2.24, 2.45) is 0 Å². The monoisotopic (exact) mass is 412 g/mol. The highest BCUT2D eigenvalue weighted by Crippen LogP contribution is 2.23. The lowest BCUT2D eigenvalue weighted by molar-refractivity contribution is 0.383. The summed E-state index contributed by atoms with van der Waals surface area (Å²) in [6.45, 7) is 1.91. The second kappa shape index (κ2) is 8.26. The first-order chi connectivity index (χ1) is 14.0. The van der Waals surface area contributed by atoms with Crippen LogP contribution in [0.25, 0.3) is 11.3 Å². The highest BCUT2D eigenvalue weighted by Gasteiger charge is 2.27. The molecule has 0 atom stereocenters. The van der Waals surface area contributed by atoms with E-state index >= 15 is 0 Å². The first kappa shape index (κ1) is 19.5. The molecule has 2 aromatic carbocycles. The lowest BCUT2D eigenvalue weighted by atomic mass is 10.1. The zero-order chi connectivity index (χ0) is 20.3. The summed E-state index contributed by atoms with van der Waals surface area (Å²) < 4.78 is 40.1. The molecule has 1 fully saturated rings. The van der Waals surface area contributed by atoms with Gasteiger partial charge in [-0.3, -0.25) is 0 Å². The Labute approximate surface area is 169 Å². The largest absolute Gasteiger partial charge is 0.354 e. The van der Waals surface area contributed by atoms with E-state index in [1.54, 1.807) is 16.4 Å². The number of halogens is 1. The fraction of sp³-hybridized carbons (Fsp3) is 0.238. The second-order valence-corrected chi connectivity index (χ2v) is 8.87. The van der Waals surface area contributed by atoms with Crippen LogP contribution in [-0.2, 0) is 15.8 Å². The van der Waals surface area contributed by atoms with E-state index in [0.717, 1.165) is 16.9 Å². The number of rotatable bonds is 5. The maximum absolute atomic E-state index is 13.1. The molecule has 0 radical (unpaired) electrons. The molecule has 0 unspecified atom stereocenters. The van der Waals surface area contributed by atoms with E-state index in [-0.39, 0.29) is 11.6 Å². The molecule has 6 nitrogen and oxygen atoms in total. The van der Waals surface area contributed by atoms with Gasteiger partial charge < -0.3 is 4.90 Å². The fourth-order valence-corrected chi connectivity index (χ4v) is 4.89. The van der Waals surface area contributed by atoms with Crippen molar-refractivity contribution in [1.29, 1.82) is 0 Å². The predicted octanol–water partition coefficient (Wildman–Crippen LogP) is 2.93. The van der Waals surface area contributed by atoms with Gasteiger partial charge >= 0.3 is 0 Å². The van der Waals surface area contributed by atoms with Gasteiger partial charge in [0, 0.05) is 37.8 Å². The molecule has 0 N–H and O–H groups in total. The second-order valence-electron chi connectivity index (χ2n) is 6.90. The van der Waals surface area contributed by atoms with E-state index in [4.69, 9.17) is 0 Å². The highest BCUT2D eigenvalue weighted by molar-refractivity contribution is 7.88. The van der Waals surface area contributed by atoms with Gasteiger partial charge in [-0.1, -0.05) is 30.3 Å². The van der Waals surface area contributed by atoms with Crippen LogP contribution >= 0.6 is 0 Å². The van der Waals surface area contributed by atoms with Gasteiger partial charge in [0.05, 0.1) is 11.4 Å². The summed E-state index contributed by atoms with van der Waals surface area (Å²) in [7, 11) is -3.36. The van der Waals surface area contributed by atoms with Gasteiger partial charge in [0.25, 0.3) is 0 Å². The molecule has 1 aliphatic heterocycles. The summed E-state index contributed by atoms with van der Waals surface area (Å²) in [6, 6.07) is 17.2. The number of sulfonamides is 1. The van der Waals surface area contributed by atoms with Crippen molar-refractivity contribution in [3.63, 3.8) is 0 Å².